The fourth-order valence-electron chi connectivity index (χ4n) is 4.69. The fraction of sp³-hybridized carbons (Fsp3) is 0.632. The zero-order valence-corrected chi connectivity index (χ0v) is 14.6. The molecule has 2 aliphatic heterocycles. The van der Waals surface area contributed by atoms with Crippen molar-refractivity contribution in [2.45, 2.75) is 75.3 Å². The van der Waals surface area contributed by atoms with Gasteiger partial charge in [0.2, 0.25) is 0 Å². The maximum atomic E-state index is 13.1. The normalized spacial score (nSPS) is 29.3. The maximum Gasteiger partial charge on any atom is 0.418 e. The monoisotopic (exact) mass is 367 g/mol. The number of amides is 2. The number of nitrogens with one attached hydrogen (secondary N) is 2. The molecular weight excluding hydrogens is 343 g/mol. The van der Waals surface area contributed by atoms with Gasteiger partial charge in [0.05, 0.1) is 11.3 Å². The Morgan fingerprint density at radius 2 is 1.65 bits per heavy atom. The number of nitrogens with zero attached hydrogens (tertiary/aromatic N) is 1. The van der Waals surface area contributed by atoms with Crippen molar-refractivity contribution in [3.05, 3.63) is 29.8 Å². The molecule has 2 atom stereocenters. The number of alkyl halides is 3. The van der Waals surface area contributed by atoms with Crippen LogP contribution in [0.25, 0.3) is 0 Å². The Kier molecular flexibility index (Phi) is 4.59. The number of urea groups is 1. The van der Waals surface area contributed by atoms with Crippen LogP contribution in [0.3, 0.4) is 0 Å². The highest BCUT2D eigenvalue weighted by molar-refractivity contribution is 5.90. The van der Waals surface area contributed by atoms with Crippen molar-refractivity contribution >= 4 is 11.7 Å². The van der Waals surface area contributed by atoms with Crippen molar-refractivity contribution in [3.63, 3.8) is 0 Å². The van der Waals surface area contributed by atoms with E-state index in [4.69, 9.17) is 0 Å². The zero-order chi connectivity index (χ0) is 18.3. The Morgan fingerprint density at radius 3 is 2.27 bits per heavy atom. The smallest absolute Gasteiger partial charge is 0.335 e. The lowest BCUT2D eigenvalue weighted by molar-refractivity contribution is -0.136. The van der Waals surface area contributed by atoms with Gasteiger partial charge in [-0.2, -0.15) is 13.2 Å². The van der Waals surface area contributed by atoms with Gasteiger partial charge in [0.1, 0.15) is 0 Å². The van der Waals surface area contributed by atoms with Gasteiger partial charge in [-0.15, -0.1) is 0 Å². The molecule has 1 aliphatic carbocycles. The Morgan fingerprint density at radius 1 is 1.00 bits per heavy atom. The molecule has 1 aromatic rings. The molecule has 2 N–H and O–H groups in total. The van der Waals surface area contributed by atoms with Crippen molar-refractivity contribution in [3.8, 4) is 0 Å². The van der Waals surface area contributed by atoms with Crippen LogP contribution in [-0.2, 0) is 6.18 Å². The van der Waals surface area contributed by atoms with Crippen LogP contribution in [-0.4, -0.2) is 35.1 Å². The lowest BCUT2D eigenvalue weighted by Gasteiger charge is -2.49. The first-order chi connectivity index (χ1) is 12.4. The number of halogens is 3. The van der Waals surface area contributed by atoms with Crippen molar-refractivity contribution in [1.29, 1.82) is 0 Å². The number of carbonyl (C=O) groups excluding carboxylic acids is 1. The standard InChI is InChI=1S/C19H24F3N3O/c20-19(21,22)16-6-1-2-7-17(16)24-18(26)23-12-10-14-4-3-5-15(11-12)25(14)13-8-9-13/h1-2,6-7,12-15H,3-5,8-11H2,(H2,23,24,26)/t14-,15-/m1/s1. The quantitative estimate of drug-likeness (QED) is 0.833. The number of fused-ring (bicyclic) bond motifs is 2. The molecule has 0 radical (unpaired) electrons. The van der Waals surface area contributed by atoms with Crippen LogP contribution < -0.4 is 10.6 Å². The minimum absolute atomic E-state index is 0.0262. The third kappa shape index (κ3) is 3.68. The summed E-state index contributed by atoms with van der Waals surface area (Å²) >= 11 is 0. The van der Waals surface area contributed by atoms with Crippen molar-refractivity contribution in [1.82, 2.24) is 10.2 Å². The van der Waals surface area contributed by atoms with Crippen molar-refractivity contribution in [2.24, 2.45) is 0 Å². The van der Waals surface area contributed by atoms with E-state index in [1.54, 1.807) is 0 Å². The summed E-state index contributed by atoms with van der Waals surface area (Å²) in [4.78, 5) is 15.0. The summed E-state index contributed by atoms with van der Waals surface area (Å²) in [5.41, 5.74) is -1.02. The van der Waals surface area contributed by atoms with Gasteiger partial charge in [0, 0.05) is 24.2 Å². The third-order valence-electron chi connectivity index (χ3n) is 5.82. The first kappa shape index (κ1) is 17.6. The van der Waals surface area contributed by atoms with Gasteiger partial charge >= 0.3 is 12.2 Å². The third-order valence-corrected chi connectivity index (χ3v) is 5.82. The van der Waals surface area contributed by atoms with Crippen molar-refractivity contribution in [2.75, 3.05) is 5.32 Å². The van der Waals surface area contributed by atoms with Gasteiger partial charge in [-0.3, -0.25) is 4.90 Å². The molecular formula is C19H24F3N3O. The number of rotatable bonds is 3. The second-order valence-corrected chi connectivity index (χ2v) is 7.73. The molecule has 0 unspecified atom stereocenters. The van der Waals surface area contributed by atoms with Gasteiger partial charge in [-0.25, -0.2) is 4.79 Å². The largest absolute Gasteiger partial charge is 0.418 e. The van der Waals surface area contributed by atoms with Crippen LogP contribution >= 0.6 is 0 Å². The van der Waals surface area contributed by atoms with E-state index < -0.39 is 17.8 Å². The van der Waals surface area contributed by atoms with E-state index >= 15 is 0 Å². The summed E-state index contributed by atoms with van der Waals surface area (Å²) < 4.78 is 39.2. The van der Waals surface area contributed by atoms with Gasteiger partial charge in [-0.1, -0.05) is 18.6 Å². The molecule has 1 aromatic carbocycles. The Bertz CT molecular complexity index is 660. The van der Waals surface area contributed by atoms with Crippen LogP contribution in [0.5, 0.6) is 0 Å². The number of anilines is 1. The summed E-state index contributed by atoms with van der Waals surface area (Å²) in [5.74, 6) is 0. The Hall–Kier alpha value is -1.76. The van der Waals surface area contributed by atoms with Crippen LogP contribution in [0.15, 0.2) is 24.3 Å². The molecule has 4 nitrogen and oxygen atoms in total. The average Bonchev–Trinajstić information content (AvgIpc) is 3.38. The summed E-state index contributed by atoms with van der Waals surface area (Å²) in [7, 11) is 0. The summed E-state index contributed by atoms with van der Waals surface area (Å²) in [6, 6.07) is 6.28. The Labute approximate surface area is 151 Å². The van der Waals surface area contributed by atoms with Crippen LogP contribution in [0.4, 0.5) is 23.7 Å². The molecule has 2 heterocycles. The minimum Gasteiger partial charge on any atom is -0.335 e. The molecule has 142 valence electrons. The highest BCUT2D eigenvalue weighted by atomic mass is 19.4. The molecule has 3 fully saturated rings. The number of benzene rings is 1. The Balaban J connectivity index is 1.39. The molecule has 2 amide bonds. The van der Waals surface area contributed by atoms with E-state index in [0.29, 0.717) is 12.1 Å². The van der Waals surface area contributed by atoms with Crippen LogP contribution in [0, 0.1) is 0 Å². The van der Waals surface area contributed by atoms with E-state index in [0.717, 1.165) is 37.8 Å². The topological polar surface area (TPSA) is 44.4 Å². The molecule has 4 rings (SSSR count). The summed E-state index contributed by atoms with van der Waals surface area (Å²) in [6.07, 6.45) is 3.39. The predicted octanol–water partition coefficient (Wildman–Crippen LogP) is 4.37. The zero-order valence-electron chi connectivity index (χ0n) is 14.6. The number of hydrogen-bond donors (Lipinski definition) is 2. The highest BCUT2D eigenvalue weighted by Gasteiger charge is 2.45. The first-order valence-corrected chi connectivity index (χ1v) is 9.43. The van der Waals surface area contributed by atoms with E-state index in [-0.39, 0.29) is 11.7 Å². The van der Waals surface area contributed by atoms with Gasteiger partial charge in [0.25, 0.3) is 0 Å². The van der Waals surface area contributed by atoms with Gasteiger partial charge in [-0.05, 0) is 50.7 Å². The van der Waals surface area contributed by atoms with E-state index in [1.165, 1.54) is 37.5 Å². The molecule has 3 aliphatic rings. The summed E-state index contributed by atoms with van der Waals surface area (Å²) in [5, 5.41) is 5.30. The number of carbonyl (C=O) groups is 1. The minimum atomic E-state index is -4.49. The molecule has 0 aromatic heterocycles. The van der Waals surface area contributed by atoms with E-state index in [2.05, 4.69) is 15.5 Å². The lowest BCUT2D eigenvalue weighted by atomic mass is 9.81. The van der Waals surface area contributed by atoms with Gasteiger partial charge < -0.3 is 10.6 Å². The van der Waals surface area contributed by atoms with Crippen molar-refractivity contribution < 1.29 is 18.0 Å². The SMILES string of the molecule is O=C(Nc1ccccc1C(F)(F)F)NC1C[C@H]2CCC[C@H](C1)N2C1CC1. The van der Waals surface area contributed by atoms with E-state index in [9.17, 15) is 18.0 Å². The molecule has 1 saturated carbocycles. The first-order valence-electron chi connectivity index (χ1n) is 9.43. The molecule has 7 heteroatoms. The second kappa shape index (κ2) is 6.76. The van der Waals surface area contributed by atoms with Crippen LogP contribution in [0.2, 0.25) is 0 Å². The lowest BCUT2D eigenvalue weighted by Crippen LogP contribution is -2.58. The van der Waals surface area contributed by atoms with Gasteiger partial charge in [0.15, 0.2) is 0 Å². The molecule has 26 heavy (non-hydrogen) atoms. The fourth-order valence-corrected chi connectivity index (χ4v) is 4.69. The predicted molar refractivity (Wildman–Crippen MR) is 92.9 cm³/mol. The molecule has 0 spiro atoms. The summed E-state index contributed by atoms with van der Waals surface area (Å²) in [6.45, 7) is 0. The number of para-hydroxylation sites is 1. The van der Waals surface area contributed by atoms with Crippen LogP contribution in [0.1, 0.15) is 50.5 Å². The molecule has 2 saturated heterocycles. The average molecular weight is 367 g/mol. The van der Waals surface area contributed by atoms with E-state index in [1.807, 2.05) is 0 Å². The number of piperidine rings is 2. The maximum absolute atomic E-state index is 13.1. The highest BCUT2D eigenvalue weighted by Crippen LogP contribution is 2.42. The number of hydrogen-bond acceptors (Lipinski definition) is 2. The second-order valence-electron chi connectivity index (χ2n) is 7.73. The molecule has 2 bridgehead atoms.